The number of nitrogens with zero attached hydrogens (tertiary/aromatic N) is 4. The van der Waals surface area contributed by atoms with E-state index in [-0.39, 0.29) is 0 Å². The van der Waals surface area contributed by atoms with Gasteiger partial charge in [0.05, 0.1) is 11.0 Å². The average Bonchev–Trinajstić information content (AvgIpc) is 3.81. The van der Waals surface area contributed by atoms with Crippen molar-refractivity contribution in [1.29, 1.82) is 0 Å². The minimum Gasteiger partial charge on any atom is -0.416 e. The molecule has 232 valence electrons. The second kappa shape index (κ2) is 12.1. The maximum Gasteiger partial charge on any atom is 0.248 e. The van der Waals surface area contributed by atoms with Crippen LogP contribution in [-0.2, 0) is 0 Å². The molecule has 0 aliphatic heterocycles. The summed E-state index contributed by atoms with van der Waals surface area (Å²) in [6, 6.07) is 63.2. The predicted molar refractivity (Wildman–Crippen MR) is 200 cm³/mol. The molecule has 0 aliphatic rings. The molecule has 0 unspecified atom stereocenters. The van der Waals surface area contributed by atoms with Crippen LogP contribution < -0.4 is 4.90 Å². The van der Waals surface area contributed by atoms with E-state index >= 15 is 0 Å². The molecule has 9 aromatic rings. The number of rotatable bonds is 7. The number of hydrogen-bond donors (Lipinski definition) is 0. The van der Waals surface area contributed by atoms with Gasteiger partial charge in [-0.05, 0) is 96.1 Å². The number of benzene rings is 7. The van der Waals surface area contributed by atoms with Crippen LogP contribution in [0.2, 0.25) is 0 Å². The zero-order chi connectivity index (χ0) is 32.6. The van der Waals surface area contributed by atoms with Crippen LogP contribution in [-0.4, -0.2) is 14.8 Å². The van der Waals surface area contributed by atoms with Crippen LogP contribution >= 0.6 is 0 Å². The fourth-order valence-corrected chi connectivity index (χ4v) is 6.62. The van der Waals surface area contributed by atoms with Gasteiger partial charge in [0.1, 0.15) is 0 Å². The summed E-state index contributed by atoms with van der Waals surface area (Å²) in [5.74, 6) is 0.975. The summed E-state index contributed by atoms with van der Waals surface area (Å²) in [7, 11) is 0. The van der Waals surface area contributed by atoms with E-state index < -0.39 is 0 Å². The lowest BCUT2D eigenvalue weighted by atomic mass is 10.0. The molecule has 0 amide bonds. The smallest absolute Gasteiger partial charge is 0.248 e. The Morgan fingerprint density at radius 3 is 1.35 bits per heavy atom. The summed E-state index contributed by atoms with van der Waals surface area (Å²) < 4.78 is 8.48. The first-order valence-electron chi connectivity index (χ1n) is 16.3. The first-order valence-corrected chi connectivity index (χ1v) is 16.3. The van der Waals surface area contributed by atoms with E-state index in [1.807, 2.05) is 48.5 Å². The van der Waals surface area contributed by atoms with Crippen molar-refractivity contribution in [2.24, 2.45) is 0 Å². The molecule has 0 saturated carbocycles. The van der Waals surface area contributed by atoms with E-state index in [0.717, 1.165) is 39.4 Å². The van der Waals surface area contributed by atoms with Gasteiger partial charge in [0.2, 0.25) is 11.8 Å². The molecule has 0 N–H and O–H groups in total. The second-order valence-electron chi connectivity index (χ2n) is 12.0. The molecule has 0 radical (unpaired) electrons. The minimum absolute atomic E-state index is 0.482. The van der Waals surface area contributed by atoms with Crippen LogP contribution in [0.25, 0.3) is 61.5 Å². The molecule has 0 spiro atoms. The Hall–Kier alpha value is -6.72. The normalized spacial score (nSPS) is 11.3. The summed E-state index contributed by atoms with van der Waals surface area (Å²) in [4.78, 5) is 2.26. The van der Waals surface area contributed by atoms with Gasteiger partial charge in [-0.15, -0.1) is 10.2 Å². The third kappa shape index (κ3) is 5.24. The van der Waals surface area contributed by atoms with Crippen LogP contribution in [0, 0.1) is 0 Å². The van der Waals surface area contributed by atoms with Crippen molar-refractivity contribution in [3.8, 4) is 39.7 Å². The van der Waals surface area contributed by atoms with Crippen LogP contribution in [0.1, 0.15) is 0 Å². The number of fused-ring (bicyclic) bond motifs is 3. The SMILES string of the molecule is c1ccc(-c2ccc(-c3nnc(-c4ccc(N(c5ccccc5)c5ccc(-n6c7ccccc7c7ccccc76)cc5)cc4)o3)cc2)cc1. The number of hydrogen-bond acceptors (Lipinski definition) is 4. The highest BCUT2D eigenvalue weighted by atomic mass is 16.4. The van der Waals surface area contributed by atoms with Crippen LogP contribution in [0.4, 0.5) is 17.1 Å². The number of aromatic nitrogens is 3. The van der Waals surface area contributed by atoms with E-state index in [1.165, 1.54) is 27.4 Å². The largest absolute Gasteiger partial charge is 0.416 e. The second-order valence-corrected chi connectivity index (χ2v) is 12.0. The van der Waals surface area contributed by atoms with Crippen molar-refractivity contribution in [1.82, 2.24) is 14.8 Å². The van der Waals surface area contributed by atoms with Gasteiger partial charge >= 0.3 is 0 Å². The zero-order valence-corrected chi connectivity index (χ0v) is 26.5. The van der Waals surface area contributed by atoms with Crippen LogP contribution in [0.15, 0.2) is 186 Å². The van der Waals surface area contributed by atoms with Crippen molar-refractivity contribution in [3.05, 3.63) is 182 Å². The maximum absolute atomic E-state index is 6.14. The van der Waals surface area contributed by atoms with E-state index in [2.05, 4.69) is 153 Å². The van der Waals surface area contributed by atoms with Gasteiger partial charge in [-0.1, -0.05) is 97.1 Å². The molecule has 2 heterocycles. The third-order valence-electron chi connectivity index (χ3n) is 9.00. The van der Waals surface area contributed by atoms with Gasteiger partial charge in [-0.2, -0.15) is 0 Å². The lowest BCUT2D eigenvalue weighted by Gasteiger charge is -2.26. The Kier molecular flexibility index (Phi) is 7.06. The van der Waals surface area contributed by atoms with Crippen molar-refractivity contribution >= 4 is 38.9 Å². The van der Waals surface area contributed by atoms with Crippen molar-refractivity contribution in [2.75, 3.05) is 4.90 Å². The predicted octanol–water partition coefficient (Wildman–Crippen LogP) is 11.6. The quantitative estimate of drug-likeness (QED) is 0.176. The molecular weight excluding hydrogens is 601 g/mol. The monoisotopic (exact) mass is 630 g/mol. The average molecular weight is 631 g/mol. The Morgan fingerprint density at radius 1 is 0.367 bits per heavy atom. The first-order chi connectivity index (χ1) is 24.3. The lowest BCUT2D eigenvalue weighted by molar-refractivity contribution is 0.584. The summed E-state index contributed by atoms with van der Waals surface area (Å²) in [5, 5.41) is 11.2. The first kappa shape index (κ1) is 28.5. The van der Waals surface area contributed by atoms with Gasteiger partial charge in [0.25, 0.3) is 0 Å². The van der Waals surface area contributed by atoms with E-state index in [4.69, 9.17) is 4.42 Å². The van der Waals surface area contributed by atoms with Gasteiger partial charge in [-0.25, -0.2) is 0 Å². The van der Waals surface area contributed by atoms with Gasteiger partial charge in [-0.3, -0.25) is 0 Å². The lowest BCUT2D eigenvalue weighted by Crippen LogP contribution is -2.10. The molecular formula is C44H30N4O. The Labute approximate surface area is 284 Å². The molecule has 0 atom stereocenters. The zero-order valence-electron chi connectivity index (χ0n) is 26.5. The van der Waals surface area contributed by atoms with E-state index in [0.29, 0.717) is 11.8 Å². The molecule has 0 aliphatic carbocycles. The summed E-state index contributed by atoms with van der Waals surface area (Å²) >= 11 is 0. The minimum atomic E-state index is 0.482. The Morgan fingerprint density at radius 2 is 0.776 bits per heavy atom. The highest BCUT2D eigenvalue weighted by molar-refractivity contribution is 6.09. The summed E-state index contributed by atoms with van der Waals surface area (Å²) in [6.07, 6.45) is 0. The van der Waals surface area contributed by atoms with Crippen molar-refractivity contribution in [2.45, 2.75) is 0 Å². The molecule has 5 nitrogen and oxygen atoms in total. The molecule has 49 heavy (non-hydrogen) atoms. The fraction of sp³-hybridized carbons (Fsp3) is 0. The van der Waals surface area contributed by atoms with Crippen molar-refractivity contribution in [3.63, 3.8) is 0 Å². The Bertz CT molecular complexity index is 2460. The van der Waals surface area contributed by atoms with E-state index in [9.17, 15) is 0 Å². The number of para-hydroxylation sites is 3. The number of anilines is 3. The fourth-order valence-electron chi connectivity index (χ4n) is 6.62. The molecule has 5 heteroatoms. The standard InChI is InChI=1S/C44H30N4O/c1-3-11-31(12-4-1)32-19-21-33(22-20-32)43-45-46-44(49-43)34-23-25-36(26-24-34)47(35-13-5-2-6-14-35)37-27-29-38(30-28-37)48-41-17-9-7-15-39(41)40-16-8-10-18-42(40)48/h1-30H. The van der Waals surface area contributed by atoms with Crippen LogP contribution in [0.3, 0.4) is 0 Å². The Balaban J connectivity index is 1.02. The third-order valence-corrected chi connectivity index (χ3v) is 9.00. The maximum atomic E-state index is 6.14. The van der Waals surface area contributed by atoms with Crippen molar-refractivity contribution < 1.29 is 4.42 Å². The van der Waals surface area contributed by atoms with Gasteiger partial charge in [0, 0.05) is 44.6 Å². The molecule has 0 saturated heterocycles. The molecule has 2 aromatic heterocycles. The van der Waals surface area contributed by atoms with E-state index in [1.54, 1.807) is 0 Å². The van der Waals surface area contributed by atoms with Gasteiger partial charge < -0.3 is 13.9 Å². The van der Waals surface area contributed by atoms with Gasteiger partial charge in [0.15, 0.2) is 0 Å². The van der Waals surface area contributed by atoms with Crippen LogP contribution in [0.5, 0.6) is 0 Å². The molecule has 9 rings (SSSR count). The highest BCUT2D eigenvalue weighted by Gasteiger charge is 2.16. The molecule has 7 aromatic carbocycles. The molecule has 0 bridgehead atoms. The topological polar surface area (TPSA) is 47.1 Å². The summed E-state index contributed by atoms with van der Waals surface area (Å²) in [6.45, 7) is 0. The molecule has 0 fully saturated rings. The summed E-state index contributed by atoms with van der Waals surface area (Å²) in [5.41, 5.74) is 10.7. The highest BCUT2D eigenvalue weighted by Crippen LogP contribution is 2.38.